The fourth-order valence-electron chi connectivity index (χ4n) is 3.63. The van der Waals surface area contributed by atoms with Crippen molar-refractivity contribution in [2.45, 2.75) is 58.4 Å². The minimum Gasteiger partial charge on any atom is -0.504 e. The lowest BCUT2D eigenvalue weighted by Gasteiger charge is -2.30. The number of allylic oxidation sites excluding steroid dienone is 2. The number of nitrogens with one attached hydrogen (secondary N) is 1. The molecule has 0 bridgehead atoms. The lowest BCUT2D eigenvalue weighted by molar-refractivity contribution is -0.121. The molecule has 132 valence electrons. The van der Waals surface area contributed by atoms with E-state index in [9.17, 15) is 9.90 Å². The second kappa shape index (κ2) is 8.76. The van der Waals surface area contributed by atoms with E-state index >= 15 is 0 Å². The molecule has 2 rings (SSSR count). The standard InChI is InChI=1S/C20H29NO3/c1-4-15(5-2)16-7-9-17(10-8-16)21-20(23)13-14-6-11-18(22)19(12-14)24-3/h4,6,11-12,16-17,22H,5,7-10,13H2,1-3H3,(H,21,23). The number of hydrogen-bond donors (Lipinski definition) is 2. The average molecular weight is 331 g/mol. The van der Waals surface area contributed by atoms with E-state index in [2.05, 4.69) is 25.2 Å². The summed E-state index contributed by atoms with van der Waals surface area (Å²) < 4.78 is 5.09. The molecule has 1 saturated carbocycles. The number of carbonyl (C=O) groups excluding carboxylic acids is 1. The van der Waals surface area contributed by atoms with Gasteiger partial charge in [0.2, 0.25) is 5.91 Å². The van der Waals surface area contributed by atoms with E-state index in [4.69, 9.17) is 4.74 Å². The maximum Gasteiger partial charge on any atom is 0.224 e. The number of rotatable bonds is 6. The number of benzene rings is 1. The maximum absolute atomic E-state index is 12.3. The number of hydrogen-bond acceptors (Lipinski definition) is 3. The van der Waals surface area contributed by atoms with Gasteiger partial charge in [0.05, 0.1) is 13.5 Å². The first-order chi connectivity index (χ1) is 11.6. The van der Waals surface area contributed by atoms with E-state index in [1.807, 2.05) is 0 Å². The monoisotopic (exact) mass is 331 g/mol. The third-order valence-electron chi connectivity index (χ3n) is 5.00. The lowest BCUT2D eigenvalue weighted by Crippen LogP contribution is -2.38. The number of aromatic hydroxyl groups is 1. The number of phenols is 1. The highest BCUT2D eigenvalue weighted by Gasteiger charge is 2.23. The summed E-state index contributed by atoms with van der Waals surface area (Å²) in [5, 5.41) is 12.8. The van der Waals surface area contributed by atoms with Gasteiger partial charge >= 0.3 is 0 Å². The highest BCUT2D eigenvalue weighted by Crippen LogP contribution is 2.31. The Hall–Kier alpha value is -1.97. The third kappa shape index (κ3) is 4.76. The van der Waals surface area contributed by atoms with Crippen molar-refractivity contribution in [2.75, 3.05) is 7.11 Å². The highest BCUT2D eigenvalue weighted by atomic mass is 16.5. The second-order valence-electron chi connectivity index (χ2n) is 6.52. The summed E-state index contributed by atoms with van der Waals surface area (Å²) >= 11 is 0. The normalized spacial score (nSPS) is 21.4. The Morgan fingerprint density at radius 3 is 2.62 bits per heavy atom. The molecule has 0 aliphatic heterocycles. The van der Waals surface area contributed by atoms with E-state index in [0.717, 1.165) is 37.7 Å². The van der Waals surface area contributed by atoms with Gasteiger partial charge in [-0.2, -0.15) is 0 Å². The van der Waals surface area contributed by atoms with Gasteiger partial charge in [0, 0.05) is 6.04 Å². The smallest absolute Gasteiger partial charge is 0.224 e. The highest BCUT2D eigenvalue weighted by molar-refractivity contribution is 5.79. The van der Waals surface area contributed by atoms with Crippen molar-refractivity contribution in [1.82, 2.24) is 5.32 Å². The summed E-state index contributed by atoms with van der Waals surface area (Å²) in [4.78, 5) is 12.3. The van der Waals surface area contributed by atoms with Crippen LogP contribution in [0.1, 0.15) is 51.5 Å². The minimum atomic E-state index is 0.0351. The maximum atomic E-state index is 12.3. The average Bonchev–Trinajstić information content (AvgIpc) is 2.59. The number of carbonyl (C=O) groups is 1. The van der Waals surface area contributed by atoms with E-state index in [0.29, 0.717) is 18.1 Å². The molecule has 0 radical (unpaired) electrons. The molecule has 4 nitrogen and oxygen atoms in total. The molecule has 1 aliphatic carbocycles. The summed E-state index contributed by atoms with van der Waals surface area (Å²) in [5.41, 5.74) is 2.40. The van der Waals surface area contributed by atoms with Gasteiger partial charge in [0.15, 0.2) is 11.5 Å². The quantitative estimate of drug-likeness (QED) is 0.775. The molecule has 0 unspecified atom stereocenters. The van der Waals surface area contributed by atoms with Crippen molar-refractivity contribution in [3.63, 3.8) is 0 Å². The minimum absolute atomic E-state index is 0.0351. The summed E-state index contributed by atoms with van der Waals surface area (Å²) in [6.45, 7) is 4.34. The topological polar surface area (TPSA) is 58.6 Å². The summed E-state index contributed by atoms with van der Waals surface area (Å²) in [7, 11) is 1.51. The van der Waals surface area contributed by atoms with E-state index in [1.165, 1.54) is 7.11 Å². The Bertz CT molecular complexity index is 587. The van der Waals surface area contributed by atoms with Crippen LogP contribution in [0.25, 0.3) is 0 Å². The molecule has 0 saturated heterocycles. The van der Waals surface area contributed by atoms with Crippen LogP contribution in [0.4, 0.5) is 0 Å². The van der Waals surface area contributed by atoms with Crippen molar-refractivity contribution in [3.05, 3.63) is 35.4 Å². The van der Waals surface area contributed by atoms with Crippen LogP contribution in [-0.2, 0) is 11.2 Å². The van der Waals surface area contributed by atoms with Gasteiger partial charge in [-0.3, -0.25) is 4.79 Å². The van der Waals surface area contributed by atoms with Crippen LogP contribution in [0.2, 0.25) is 0 Å². The Kier molecular flexibility index (Phi) is 6.71. The van der Waals surface area contributed by atoms with Crippen molar-refractivity contribution in [2.24, 2.45) is 5.92 Å². The molecule has 1 aromatic carbocycles. The van der Waals surface area contributed by atoms with E-state index in [1.54, 1.807) is 23.8 Å². The van der Waals surface area contributed by atoms with Gasteiger partial charge in [0.1, 0.15) is 0 Å². The molecule has 0 spiro atoms. The fraction of sp³-hybridized carbons (Fsp3) is 0.550. The van der Waals surface area contributed by atoms with Gasteiger partial charge in [0.25, 0.3) is 0 Å². The first kappa shape index (κ1) is 18.4. The van der Waals surface area contributed by atoms with Crippen LogP contribution in [-0.4, -0.2) is 24.2 Å². The van der Waals surface area contributed by atoms with Crippen LogP contribution in [0.15, 0.2) is 29.8 Å². The van der Waals surface area contributed by atoms with Crippen LogP contribution in [0.3, 0.4) is 0 Å². The van der Waals surface area contributed by atoms with Crippen LogP contribution < -0.4 is 10.1 Å². The molecular weight excluding hydrogens is 302 g/mol. The van der Waals surface area contributed by atoms with Gasteiger partial charge in [-0.25, -0.2) is 0 Å². The van der Waals surface area contributed by atoms with Crippen molar-refractivity contribution in [1.29, 1.82) is 0 Å². The van der Waals surface area contributed by atoms with E-state index < -0.39 is 0 Å². The molecule has 1 aromatic rings. The van der Waals surface area contributed by atoms with Gasteiger partial charge in [-0.15, -0.1) is 0 Å². The van der Waals surface area contributed by atoms with Crippen molar-refractivity contribution < 1.29 is 14.6 Å². The molecule has 24 heavy (non-hydrogen) atoms. The van der Waals surface area contributed by atoms with Crippen LogP contribution in [0.5, 0.6) is 11.5 Å². The number of ether oxygens (including phenoxy) is 1. The molecule has 1 aliphatic rings. The molecule has 4 heteroatoms. The third-order valence-corrected chi connectivity index (χ3v) is 5.00. The number of amides is 1. The predicted molar refractivity (Wildman–Crippen MR) is 96.3 cm³/mol. The summed E-state index contributed by atoms with van der Waals surface area (Å²) in [5.74, 6) is 1.22. The molecular formula is C20H29NO3. The lowest BCUT2D eigenvalue weighted by atomic mass is 9.80. The Labute approximate surface area is 144 Å². The van der Waals surface area contributed by atoms with Gasteiger partial charge in [-0.1, -0.05) is 24.6 Å². The van der Waals surface area contributed by atoms with E-state index in [-0.39, 0.29) is 17.7 Å². The molecule has 0 heterocycles. The van der Waals surface area contributed by atoms with Gasteiger partial charge in [-0.05, 0) is 62.6 Å². The fourth-order valence-corrected chi connectivity index (χ4v) is 3.63. The molecule has 2 N–H and O–H groups in total. The Morgan fingerprint density at radius 1 is 1.33 bits per heavy atom. The predicted octanol–water partition coefficient (Wildman–Crippen LogP) is 3.97. The number of phenolic OH excluding ortho intramolecular Hbond substituents is 1. The van der Waals surface area contributed by atoms with Crippen LogP contribution >= 0.6 is 0 Å². The number of methoxy groups -OCH3 is 1. The largest absolute Gasteiger partial charge is 0.504 e. The zero-order valence-corrected chi connectivity index (χ0v) is 15.0. The summed E-state index contributed by atoms with van der Waals surface area (Å²) in [6.07, 6.45) is 8.10. The molecule has 0 aromatic heterocycles. The SMILES string of the molecule is CC=C(CC)C1CCC(NC(=O)Cc2ccc(O)c(OC)c2)CC1. The van der Waals surface area contributed by atoms with Crippen molar-refractivity contribution >= 4 is 5.91 Å². The summed E-state index contributed by atoms with van der Waals surface area (Å²) in [6, 6.07) is 5.32. The zero-order valence-electron chi connectivity index (χ0n) is 15.0. The van der Waals surface area contributed by atoms with Crippen molar-refractivity contribution in [3.8, 4) is 11.5 Å². The zero-order chi connectivity index (χ0) is 17.5. The molecule has 1 amide bonds. The first-order valence-electron chi connectivity index (χ1n) is 8.87. The molecule has 1 fully saturated rings. The Balaban J connectivity index is 1.84. The van der Waals surface area contributed by atoms with Gasteiger partial charge < -0.3 is 15.2 Å². The first-order valence-corrected chi connectivity index (χ1v) is 8.87. The Morgan fingerprint density at radius 2 is 2.04 bits per heavy atom. The second-order valence-corrected chi connectivity index (χ2v) is 6.52. The molecule has 0 atom stereocenters. The van der Waals surface area contributed by atoms with Crippen LogP contribution in [0, 0.1) is 5.92 Å².